The van der Waals surface area contributed by atoms with Crippen LogP contribution in [0, 0.1) is 13.8 Å². The number of likely N-dealkylation sites (N-methyl/N-ethyl adjacent to an activating group) is 1. The molecule has 0 radical (unpaired) electrons. The fourth-order valence-corrected chi connectivity index (χ4v) is 6.45. The van der Waals surface area contributed by atoms with Crippen LogP contribution in [-0.2, 0) is 32.6 Å². The number of hydrogen-bond donors (Lipinski definition) is 1. The van der Waals surface area contributed by atoms with Crippen molar-refractivity contribution in [3.05, 3.63) is 101 Å². The van der Waals surface area contributed by atoms with Gasteiger partial charge in [0.1, 0.15) is 6.04 Å². The molecule has 0 aromatic heterocycles. The van der Waals surface area contributed by atoms with E-state index in [2.05, 4.69) is 5.32 Å². The molecule has 0 heterocycles. The molecule has 0 spiro atoms. The quantitative estimate of drug-likeness (QED) is 0.348. The first-order chi connectivity index (χ1) is 19.6. The number of nitrogens with zero attached hydrogens (tertiary/aromatic N) is 2. The van der Waals surface area contributed by atoms with Crippen molar-refractivity contribution in [3.63, 3.8) is 0 Å². The molecule has 0 unspecified atom stereocenters. The first-order valence-corrected chi connectivity index (χ1v) is 15.8. The summed E-state index contributed by atoms with van der Waals surface area (Å²) in [5.41, 5.74) is 3.78. The third-order valence-electron chi connectivity index (χ3n) is 7.91. The zero-order valence-electron chi connectivity index (χ0n) is 24.3. The minimum absolute atomic E-state index is 0.0783. The van der Waals surface area contributed by atoms with E-state index in [-0.39, 0.29) is 29.9 Å². The molecular weight excluding hydrogens is 534 g/mol. The van der Waals surface area contributed by atoms with Gasteiger partial charge in [0.2, 0.25) is 21.8 Å². The molecule has 41 heavy (non-hydrogen) atoms. The predicted octanol–water partition coefficient (Wildman–Crippen LogP) is 5.01. The Balaban J connectivity index is 1.66. The van der Waals surface area contributed by atoms with Gasteiger partial charge in [-0.2, -0.15) is 4.31 Å². The fourth-order valence-electron chi connectivity index (χ4n) is 5.33. The lowest BCUT2D eigenvalue weighted by molar-refractivity contribution is -0.141. The zero-order valence-corrected chi connectivity index (χ0v) is 25.1. The Hall–Kier alpha value is -3.49. The number of benzene rings is 3. The van der Waals surface area contributed by atoms with E-state index >= 15 is 0 Å². The number of amides is 2. The summed E-state index contributed by atoms with van der Waals surface area (Å²) in [5.74, 6) is -0.627. The molecule has 3 aromatic carbocycles. The van der Waals surface area contributed by atoms with Gasteiger partial charge < -0.3 is 10.2 Å². The molecule has 3 aromatic rings. The number of nitrogens with one attached hydrogen (secondary N) is 1. The van der Waals surface area contributed by atoms with Gasteiger partial charge in [-0.05, 0) is 55.5 Å². The predicted molar refractivity (Wildman–Crippen MR) is 162 cm³/mol. The summed E-state index contributed by atoms with van der Waals surface area (Å²) in [6.45, 7) is 3.67. The van der Waals surface area contributed by atoms with E-state index in [1.165, 1.54) is 13.5 Å². The smallest absolute Gasteiger partial charge is 0.243 e. The van der Waals surface area contributed by atoms with Crippen LogP contribution in [0.1, 0.15) is 54.4 Å². The molecule has 1 N–H and O–H groups in total. The number of sulfonamides is 1. The average molecular weight is 576 g/mol. The maximum atomic E-state index is 14.1. The molecule has 4 rings (SSSR count). The maximum absolute atomic E-state index is 14.1. The van der Waals surface area contributed by atoms with E-state index in [0.717, 1.165) is 52.2 Å². The number of rotatable bonds is 11. The molecule has 1 aliphatic carbocycles. The van der Waals surface area contributed by atoms with Gasteiger partial charge in [0.25, 0.3) is 0 Å². The Kier molecular flexibility index (Phi) is 10.3. The minimum atomic E-state index is -3.91. The Bertz CT molecular complexity index is 1420. The Morgan fingerprint density at radius 2 is 1.51 bits per heavy atom. The van der Waals surface area contributed by atoms with E-state index in [9.17, 15) is 18.0 Å². The molecule has 0 aliphatic heterocycles. The third-order valence-corrected chi connectivity index (χ3v) is 9.73. The molecule has 0 bridgehead atoms. The van der Waals surface area contributed by atoms with Crippen LogP contribution >= 0.6 is 0 Å². The summed E-state index contributed by atoms with van der Waals surface area (Å²) in [7, 11) is -2.50. The Morgan fingerprint density at radius 1 is 0.878 bits per heavy atom. The van der Waals surface area contributed by atoms with Gasteiger partial charge in [-0.15, -0.1) is 0 Å². The van der Waals surface area contributed by atoms with E-state index in [4.69, 9.17) is 0 Å². The highest BCUT2D eigenvalue weighted by atomic mass is 32.2. The first-order valence-electron chi connectivity index (χ1n) is 14.4. The van der Waals surface area contributed by atoms with Gasteiger partial charge in [-0.3, -0.25) is 9.59 Å². The summed E-state index contributed by atoms with van der Waals surface area (Å²) in [5, 5.41) is 3.22. The van der Waals surface area contributed by atoms with Crippen LogP contribution in [0.3, 0.4) is 0 Å². The maximum Gasteiger partial charge on any atom is 0.243 e. The van der Waals surface area contributed by atoms with Gasteiger partial charge in [-0.1, -0.05) is 91.6 Å². The van der Waals surface area contributed by atoms with Gasteiger partial charge in [0, 0.05) is 26.1 Å². The van der Waals surface area contributed by atoms with Gasteiger partial charge in [-0.25, -0.2) is 8.42 Å². The van der Waals surface area contributed by atoms with Gasteiger partial charge >= 0.3 is 0 Å². The first kappa shape index (κ1) is 30.5. The van der Waals surface area contributed by atoms with Crippen LogP contribution in [0.15, 0.2) is 83.8 Å². The normalized spacial score (nSPS) is 14.9. The van der Waals surface area contributed by atoms with Gasteiger partial charge in [0.15, 0.2) is 0 Å². The zero-order chi connectivity index (χ0) is 29.4. The summed E-state index contributed by atoms with van der Waals surface area (Å²) in [6.07, 6.45) is 5.48. The van der Waals surface area contributed by atoms with E-state index < -0.39 is 22.0 Å². The summed E-state index contributed by atoms with van der Waals surface area (Å²) in [4.78, 5) is 29.7. The van der Waals surface area contributed by atoms with Crippen LogP contribution in [-0.4, -0.2) is 55.1 Å². The minimum Gasteiger partial charge on any atom is -0.352 e. The third kappa shape index (κ3) is 8.05. The van der Waals surface area contributed by atoms with Crippen molar-refractivity contribution in [2.45, 2.75) is 75.9 Å². The molecule has 1 fully saturated rings. The SMILES string of the molecule is Cc1ccc(S(=O)(=O)N(C)CC(=O)N(Cc2ccccc2C)[C@H](Cc2ccccc2)C(=O)NC2CCCCC2)cc1. The highest BCUT2D eigenvalue weighted by Gasteiger charge is 2.34. The Labute approximate surface area is 244 Å². The molecule has 1 aliphatic rings. The standard InChI is InChI=1S/C33H41N3O4S/c1-25-18-20-30(21-19-25)41(39,40)35(3)24-32(37)36(23-28-15-11-10-12-26(28)2)31(22-27-13-6-4-7-14-27)33(38)34-29-16-8-5-9-17-29/h4,6-7,10-15,18-21,29,31H,5,8-9,16-17,22-24H2,1-3H3,(H,34,38)/t31-/m1/s1. The van der Waals surface area contributed by atoms with Crippen LogP contribution in [0.2, 0.25) is 0 Å². The van der Waals surface area contributed by atoms with Crippen molar-refractivity contribution in [1.29, 1.82) is 0 Å². The van der Waals surface area contributed by atoms with Crippen molar-refractivity contribution in [3.8, 4) is 0 Å². The average Bonchev–Trinajstić information content (AvgIpc) is 2.97. The number of aryl methyl sites for hydroxylation is 2. The highest BCUT2D eigenvalue weighted by Crippen LogP contribution is 2.22. The van der Waals surface area contributed by atoms with Crippen LogP contribution in [0.25, 0.3) is 0 Å². The van der Waals surface area contributed by atoms with Crippen molar-refractivity contribution in [1.82, 2.24) is 14.5 Å². The van der Waals surface area contributed by atoms with Gasteiger partial charge in [0.05, 0.1) is 11.4 Å². The van der Waals surface area contributed by atoms with Crippen LogP contribution in [0.4, 0.5) is 0 Å². The van der Waals surface area contributed by atoms with E-state index in [1.807, 2.05) is 68.4 Å². The van der Waals surface area contributed by atoms with E-state index in [0.29, 0.717) is 6.42 Å². The second-order valence-electron chi connectivity index (χ2n) is 11.1. The number of carbonyl (C=O) groups is 2. The monoisotopic (exact) mass is 575 g/mol. The molecule has 7 nitrogen and oxygen atoms in total. The van der Waals surface area contributed by atoms with Crippen molar-refractivity contribution >= 4 is 21.8 Å². The fraction of sp³-hybridized carbons (Fsp3) is 0.394. The van der Waals surface area contributed by atoms with Crippen molar-refractivity contribution in [2.24, 2.45) is 0 Å². The molecular formula is C33H41N3O4S. The number of hydrogen-bond acceptors (Lipinski definition) is 4. The van der Waals surface area contributed by atoms with Crippen LogP contribution in [0.5, 0.6) is 0 Å². The number of carbonyl (C=O) groups excluding carboxylic acids is 2. The Morgan fingerprint density at radius 3 is 2.17 bits per heavy atom. The molecule has 0 saturated heterocycles. The second kappa shape index (κ2) is 13.9. The topological polar surface area (TPSA) is 86.8 Å². The van der Waals surface area contributed by atoms with Crippen molar-refractivity contribution in [2.75, 3.05) is 13.6 Å². The molecule has 1 saturated carbocycles. The largest absolute Gasteiger partial charge is 0.352 e. The summed E-state index contributed by atoms with van der Waals surface area (Å²) < 4.78 is 27.8. The molecule has 218 valence electrons. The lowest BCUT2D eigenvalue weighted by Gasteiger charge is -2.34. The lowest BCUT2D eigenvalue weighted by atomic mass is 9.94. The van der Waals surface area contributed by atoms with Crippen molar-refractivity contribution < 1.29 is 18.0 Å². The molecule has 2 amide bonds. The van der Waals surface area contributed by atoms with E-state index in [1.54, 1.807) is 29.2 Å². The lowest BCUT2D eigenvalue weighted by Crippen LogP contribution is -2.54. The summed E-state index contributed by atoms with van der Waals surface area (Å²) in [6, 6.07) is 23.3. The molecule has 1 atom stereocenters. The molecule has 8 heteroatoms. The summed E-state index contributed by atoms with van der Waals surface area (Å²) >= 11 is 0. The van der Waals surface area contributed by atoms with Crippen LogP contribution < -0.4 is 5.32 Å². The highest BCUT2D eigenvalue weighted by molar-refractivity contribution is 7.89. The second-order valence-corrected chi connectivity index (χ2v) is 13.1.